The first-order valence-electron chi connectivity index (χ1n) is 9.52. The fourth-order valence-corrected chi connectivity index (χ4v) is 5.89. The third-order valence-corrected chi connectivity index (χ3v) is 7.74. The number of rotatable bonds is 5. The molecule has 2 heterocycles. The fourth-order valence-electron chi connectivity index (χ4n) is 3.81. The molecule has 0 saturated carbocycles. The number of carbonyl (C=O) groups is 1. The number of halogens is 1. The van der Waals surface area contributed by atoms with Crippen molar-refractivity contribution in [2.75, 3.05) is 37.7 Å². The van der Waals surface area contributed by atoms with E-state index in [0.29, 0.717) is 42.5 Å². The highest BCUT2D eigenvalue weighted by molar-refractivity contribution is 7.89. The normalized spacial score (nSPS) is 15.6. The molecule has 0 radical (unpaired) electrons. The van der Waals surface area contributed by atoms with Crippen LogP contribution >= 0.6 is 11.6 Å². The summed E-state index contributed by atoms with van der Waals surface area (Å²) in [6, 6.07) is 7.54. The molecule has 0 amide bonds. The number of anilines is 1. The van der Waals surface area contributed by atoms with E-state index < -0.39 is 16.0 Å². The number of aromatic nitrogens is 1. The Morgan fingerprint density at radius 1 is 1.17 bits per heavy atom. The molecular formula is C20H26ClN3O4S. The number of piperazine rings is 1. The van der Waals surface area contributed by atoms with Gasteiger partial charge in [-0.15, -0.1) is 0 Å². The number of esters is 1. The molecule has 158 valence electrons. The number of hydrogen-bond acceptors (Lipinski definition) is 5. The van der Waals surface area contributed by atoms with Gasteiger partial charge >= 0.3 is 5.97 Å². The lowest BCUT2D eigenvalue weighted by molar-refractivity contribution is 0.0514. The molecule has 1 aliphatic rings. The summed E-state index contributed by atoms with van der Waals surface area (Å²) in [5, 5.41) is 0.652. The quantitative estimate of drug-likeness (QED) is 0.670. The standard InChI is InChI=1S/C20H26ClN3O4S/c1-5-28-20(25)18-14(2)19(15(3)22(18)4)29(26,27)24-11-9-23(10-12-24)17-8-6-7-16(21)13-17/h6-8,13H,5,9-12H2,1-4H3. The van der Waals surface area contributed by atoms with Gasteiger partial charge in [0.15, 0.2) is 0 Å². The van der Waals surface area contributed by atoms with Gasteiger partial charge in [0.2, 0.25) is 10.0 Å². The Balaban J connectivity index is 1.85. The van der Waals surface area contributed by atoms with Crippen LogP contribution in [0.4, 0.5) is 5.69 Å². The smallest absolute Gasteiger partial charge is 0.355 e. The monoisotopic (exact) mass is 439 g/mol. The first-order chi connectivity index (χ1) is 13.7. The molecule has 0 atom stereocenters. The molecule has 0 unspecified atom stereocenters. The largest absolute Gasteiger partial charge is 0.461 e. The van der Waals surface area contributed by atoms with Crippen molar-refractivity contribution in [3.63, 3.8) is 0 Å². The fraction of sp³-hybridized carbons (Fsp3) is 0.450. The van der Waals surface area contributed by atoms with Crippen molar-refractivity contribution in [2.24, 2.45) is 7.05 Å². The van der Waals surface area contributed by atoms with Gasteiger partial charge in [-0.2, -0.15) is 4.31 Å². The van der Waals surface area contributed by atoms with E-state index in [1.165, 1.54) is 4.31 Å². The third kappa shape index (κ3) is 4.01. The van der Waals surface area contributed by atoms with E-state index in [2.05, 4.69) is 4.90 Å². The summed E-state index contributed by atoms with van der Waals surface area (Å²) in [5.41, 5.74) is 2.22. The van der Waals surface area contributed by atoms with Crippen molar-refractivity contribution < 1.29 is 17.9 Å². The van der Waals surface area contributed by atoms with Gasteiger partial charge < -0.3 is 14.2 Å². The maximum Gasteiger partial charge on any atom is 0.355 e. The van der Waals surface area contributed by atoms with Crippen LogP contribution in [0.2, 0.25) is 5.02 Å². The molecule has 1 aliphatic heterocycles. The summed E-state index contributed by atoms with van der Waals surface area (Å²) in [6.45, 7) is 7.18. The lowest BCUT2D eigenvalue weighted by Crippen LogP contribution is -2.48. The van der Waals surface area contributed by atoms with Crippen LogP contribution in [0.5, 0.6) is 0 Å². The second kappa shape index (κ2) is 8.38. The minimum Gasteiger partial charge on any atom is -0.461 e. The van der Waals surface area contributed by atoms with Crippen molar-refractivity contribution in [3.8, 4) is 0 Å². The van der Waals surface area contributed by atoms with Crippen molar-refractivity contribution in [2.45, 2.75) is 25.7 Å². The van der Waals surface area contributed by atoms with Gasteiger partial charge in [0.1, 0.15) is 10.6 Å². The average Bonchev–Trinajstić information content (AvgIpc) is 2.91. The zero-order valence-corrected chi connectivity index (χ0v) is 18.7. The zero-order chi connectivity index (χ0) is 21.3. The van der Waals surface area contributed by atoms with E-state index in [1.807, 2.05) is 24.3 Å². The number of nitrogens with zero attached hydrogens (tertiary/aromatic N) is 3. The Hall–Kier alpha value is -2.03. The van der Waals surface area contributed by atoms with Crippen molar-refractivity contribution in [3.05, 3.63) is 46.2 Å². The molecule has 29 heavy (non-hydrogen) atoms. The maximum absolute atomic E-state index is 13.4. The third-order valence-electron chi connectivity index (χ3n) is 5.34. The highest BCUT2D eigenvalue weighted by Gasteiger charge is 2.35. The van der Waals surface area contributed by atoms with Gasteiger partial charge in [-0.1, -0.05) is 17.7 Å². The minimum absolute atomic E-state index is 0.194. The molecule has 1 fully saturated rings. The van der Waals surface area contributed by atoms with Crippen LogP contribution in [0.25, 0.3) is 0 Å². The molecule has 3 rings (SSSR count). The molecule has 0 bridgehead atoms. The zero-order valence-electron chi connectivity index (χ0n) is 17.1. The summed E-state index contributed by atoms with van der Waals surface area (Å²) >= 11 is 6.07. The lowest BCUT2D eigenvalue weighted by atomic mass is 10.2. The van der Waals surface area contributed by atoms with Gasteiger partial charge in [0.25, 0.3) is 0 Å². The Bertz CT molecular complexity index is 1020. The molecule has 0 N–H and O–H groups in total. The number of sulfonamides is 1. The molecule has 7 nitrogen and oxygen atoms in total. The van der Waals surface area contributed by atoms with E-state index in [9.17, 15) is 13.2 Å². The molecule has 2 aromatic rings. The first kappa shape index (κ1) is 21.7. The number of ether oxygens (including phenoxy) is 1. The SMILES string of the molecule is CCOC(=O)c1c(C)c(S(=O)(=O)N2CCN(c3cccc(Cl)c3)CC2)c(C)n1C. The molecule has 0 aliphatic carbocycles. The van der Waals surface area contributed by atoms with Gasteiger partial charge in [-0.25, -0.2) is 13.2 Å². The van der Waals surface area contributed by atoms with E-state index >= 15 is 0 Å². The van der Waals surface area contributed by atoms with Crippen LogP contribution in [-0.4, -0.2) is 56.0 Å². The van der Waals surface area contributed by atoms with Gasteiger partial charge in [0.05, 0.1) is 6.61 Å². The van der Waals surface area contributed by atoms with Crippen LogP contribution in [0.15, 0.2) is 29.2 Å². The summed E-state index contributed by atoms with van der Waals surface area (Å²) in [5.74, 6) is -0.511. The molecular weight excluding hydrogens is 414 g/mol. The predicted molar refractivity (Wildman–Crippen MR) is 113 cm³/mol. The Labute approximate surface area is 176 Å². The second-order valence-electron chi connectivity index (χ2n) is 7.04. The van der Waals surface area contributed by atoms with Gasteiger partial charge in [-0.05, 0) is 39.0 Å². The average molecular weight is 440 g/mol. The Morgan fingerprint density at radius 3 is 2.41 bits per heavy atom. The van der Waals surface area contributed by atoms with Crippen molar-refractivity contribution >= 4 is 33.3 Å². The summed E-state index contributed by atoms with van der Waals surface area (Å²) < 4.78 is 35.0. The van der Waals surface area contributed by atoms with Crippen LogP contribution < -0.4 is 4.90 Å². The second-order valence-corrected chi connectivity index (χ2v) is 9.35. The first-order valence-corrected chi connectivity index (χ1v) is 11.3. The molecule has 9 heteroatoms. The van der Waals surface area contributed by atoms with Crippen molar-refractivity contribution in [1.82, 2.24) is 8.87 Å². The van der Waals surface area contributed by atoms with Crippen LogP contribution in [-0.2, 0) is 21.8 Å². The minimum atomic E-state index is -3.74. The summed E-state index contributed by atoms with van der Waals surface area (Å²) in [7, 11) is -2.05. The molecule has 1 aromatic heterocycles. The van der Waals surface area contributed by atoms with E-state index in [-0.39, 0.29) is 17.2 Å². The summed E-state index contributed by atoms with van der Waals surface area (Å²) in [4.78, 5) is 14.6. The highest BCUT2D eigenvalue weighted by Crippen LogP contribution is 2.30. The van der Waals surface area contributed by atoms with E-state index in [0.717, 1.165) is 5.69 Å². The summed E-state index contributed by atoms with van der Waals surface area (Å²) in [6.07, 6.45) is 0. The van der Waals surface area contributed by atoms with E-state index in [1.54, 1.807) is 32.4 Å². The van der Waals surface area contributed by atoms with E-state index in [4.69, 9.17) is 16.3 Å². The topological polar surface area (TPSA) is 71.8 Å². The predicted octanol–water partition coefficient (Wildman–Crippen LogP) is 2.98. The van der Waals surface area contributed by atoms with Crippen LogP contribution in [0.1, 0.15) is 28.7 Å². The molecule has 1 aromatic carbocycles. The van der Waals surface area contributed by atoms with Crippen LogP contribution in [0, 0.1) is 13.8 Å². The molecule has 0 spiro atoms. The number of carbonyl (C=O) groups excluding carboxylic acids is 1. The van der Waals surface area contributed by atoms with Gasteiger partial charge in [-0.3, -0.25) is 0 Å². The van der Waals surface area contributed by atoms with Crippen LogP contribution in [0.3, 0.4) is 0 Å². The highest BCUT2D eigenvalue weighted by atomic mass is 35.5. The maximum atomic E-state index is 13.4. The Morgan fingerprint density at radius 2 is 1.83 bits per heavy atom. The number of benzene rings is 1. The molecule has 1 saturated heterocycles. The van der Waals surface area contributed by atoms with Crippen molar-refractivity contribution in [1.29, 1.82) is 0 Å². The number of hydrogen-bond donors (Lipinski definition) is 0. The Kier molecular flexibility index (Phi) is 6.26. The lowest BCUT2D eigenvalue weighted by Gasteiger charge is -2.35. The van der Waals surface area contributed by atoms with Gasteiger partial charge in [0, 0.05) is 55.2 Å².